The highest BCUT2D eigenvalue weighted by Crippen LogP contribution is 2.14. The molecule has 0 fully saturated rings. The number of ether oxygens (including phenoxy) is 1. The smallest absolute Gasteiger partial charge is 0.262 e. The molecule has 30 heavy (non-hydrogen) atoms. The number of carbonyl (C=O) groups excluding carboxylic acids is 2. The van der Waals surface area contributed by atoms with Crippen molar-refractivity contribution in [2.45, 2.75) is 45.6 Å². The summed E-state index contributed by atoms with van der Waals surface area (Å²) in [4.78, 5) is 24.1. The van der Waals surface area contributed by atoms with E-state index in [-0.39, 0.29) is 30.8 Å². The predicted molar refractivity (Wildman–Crippen MR) is 123 cm³/mol. The minimum atomic E-state index is -0.828. The SMILES string of the molecule is CCCC(C)(N)C(=O)NCCc1ccc(OCC(=O)Nc2ccc(C)cc2)cc1.Cl. The maximum Gasteiger partial charge on any atom is 0.262 e. The van der Waals surface area contributed by atoms with Crippen LogP contribution in [-0.4, -0.2) is 30.5 Å². The van der Waals surface area contributed by atoms with Crippen molar-refractivity contribution in [1.82, 2.24) is 5.32 Å². The van der Waals surface area contributed by atoms with Gasteiger partial charge in [0.05, 0.1) is 5.54 Å². The van der Waals surface area contributed by atoms with Gasteiger partial charge in [-0.2, -0.15) is 0 Å². The molecular weight excluding hydrogens is 402 g/mol. The lowest BCUT2D eigenvalue weighted by molar-refractivity contribution is -0.126. The van der Waals surface area contributed by atoms with E-state index in [2.05, 4.69) is 10.6 Å². The molecule has 6 nitrogen and oxygen atoms in total. The largest absolute Gasteiger partial charge is 0.484 e. The van der Waals surface area contributed by atoms with E-state index in [9.17, 15) is 9.59 Å². The van der Waals surface area contributed by atoms with E-state index >= 15 is 0 Å². The normalized spacial score (nSPS) is 12.3. The number of hydrogen-bond acceptors (Lipinski definition) is 4. The van der Waals surface area contributed by atoms with Crippen LogP contribution in [0.5, 0.6) is 5.75 Å². The number of nitrogens with one attached hydrogen (secondary N) is 2. The van der Waals surface area contributed by atoms with Crippen molar-refractivity contribution in [2.24, 2.45) is 5.73 Å². The third-order valence-electron chi connectivity index (χ3n) is 4.62. The fourth-order valence-electron chi connectivity index (χ4n) is 2.89. The first kappa shape index (κ1) is 25.5. The van der Waals surface area contributed by atoms with Crippen LogP contribution < -0.4 is 21.1 Å². The fourth-order valence-corrected chi connectivity index (χ4v) is 2.89. The van der Waals surface area contributed by atoms with Gasteiger partial charge in [0.15, 0.2) is 6.61 Å². The van der Waals surface area contributed by atoms with Gasteiger partial charge < -0.3 is 21.1 Å². The molecule has 0 spiro atoms. The second-order valence-electron chi connectivity index (χ2n) is 7.52. The maximum atomic E-state index is 12.1. The van der Waals surface area contributed by atoms with Crippen LogP contribution in [0.15, 0.2) is 48.5 Å². The monoisotopic (exact) mass is 433 g/mol. The summed E-state index contributed by atoms with van der Waals surface area (Å²) in [5.41, 5.74) is 8.14. The van der Waals surface area contributed by atoms with Crippen molar-refractivity contribution < 1.29 is 14.3 Å². The third kappa shape index (κ3) is 8.43. The van der Waals surface area contributed by atoms with Gasteiger partial charge in [0.2, 0.25) is 5.91 Å². The number of hydrogen-bond donors (Lipinski definition) is 3. The molecule has 0 radical (unpaired) electrons. The zero-order valence-electron chi connectivity index (χ0n) is 17.9. The summed E-state index contributed by atoms with van der Waals surface area (Å²) in [5, 5.41) is 5.69. The summed E-state index contributed by atoms with van der Waals surface area (Å²) >= 11 is 0. The summed E-state index contributed by atoms with van der Waals surface area (Å²) in [7, 11) is 0. The summed E-state index contributed by atoms with van der Waals surface area (Å²) in [5.74, 6) is 0.283. The van der Waals surface area contributed by atoms with E-state index in [0.29, 0.717) is 25.1 Å². The average molecular weight is 434 g/mol. The molecule has 2 aromatic rings. The van der Waals surface area contributed by atoms with Crippen LogP contribution in [0.4, 0.5) is 5.69 Å². The quantitative estimate of drug-likeness (QED) is 0.533. The Labute approximate surface area is 185 Å². The van der Waals surface area contributed by atoms with Crippen molar-refractivity contribution in [3.63, 3.8) is 0 Å². The molecule has 0 aliphatic heterocycles. The number of anilines is 1. The zero-order valence-corrected chi connectivity index (χ0v) is 18.7. The van der Waals surface area contributed by atoms with Crippen LogP contribution in [0.2, 0.25) is 0 Å². The molecule has 0 saturated heterocycles. The van der Waals surface area contributed by atoms with E-state index in [1.54, 1.807) is 6.92 Å². The Morgan fingerprint density at radius 1 is 1.07 bits per heavy atom. The molecule has 4 N–H and O–H groups in total. The third-order valence-corrected chi connectivity index (χ3v) is 4.62. The highest BCUT2D eigenvalue weighted by molar-refractivity contribution is 5.91. The van der Waals surface area contributed by atoms with E-state index in [0.717, 1.165) is 23.2 Å². The molecule has 2 amide bonds. The predicted octanol–water partition coefficient (Wildman–Crippen LogP) is 3.61. The number of amides is 2. The van der Waals surface area contributed by atoms with E-state index in [4.69, 9.17) is 10.5 Å². The second kappa shape index (κ2) is 12.2. The number of carbonyl (C=O) groups is 2. The van der Waals surface area contributed by atoms with Crippen LogP contribution in [0, 0.1) is 6.92 Å². The molecule has 1 atom stereocenters. The Balaban J connectivity index is 0.00000450. The van der Waals surface area contributed by atoms with E-state index < -0.39 is 5.54 Å². The first-order valence-corrected chi connectivity index (χ1v) is 9.95. The molecule has 0 bridgehead atoms. The highest BCUT2D eigenvalue weighted by atomic mass is 35.5. The summed E-state index contributed by atoms with van der Waals surface area (Å²) < 4.78 is 5.53. The molecule has 0 aliphatic carbocycles. The number of nitrogens with two attached hydrogens (primary N) is 1. The topological polar surface area (TPSA) is 93.5 Å². The molecular formula is C23H32ClN3O3. The van der Waals surface area contributed by atoms with Gasteiger partial charge in [0.1, 0.15) is 5.75 Å². The molecule has 7 heteroatoms. The van der Waals surface area contributed by atoms with Crippen molar-refractivity contribution in [1.29, 1.82) is 0 Å². The summed E-state index contributed by atoms with van der Waals surface area (Å²) in [6.45, 7) is 6.22. The lowest BCUT2D eigenvalue weighted by Gasteiger charge is -2.22. The van der Waals surface area contributed by atoms with Crippen LogP contribution in [0.25, 0.3) is 0 Å². The first-order valence-electron chi connectivity index (χ1n) is 9.95. The number of halogens is 1. The molecule has 0 aliphatic rings. The first-order chi connectivity index (χ1) is 13.8. The number of aryl methyl sites for hydroxylation is 1. The van der Waals surface area contributed by atoms with Gasteiger partial charge in [0.25, 0.3) is 5.91 Å². The zero-order chi connectivity index (χ0) is 21.3. The standard InChI is InChI=1S/C23H31N3O3.ClH/c1-4-14-23(3,24)22(28)25-15-13-18-7-11-20(12-8-18)29-16-21(27)26-19-9-5-17(2)6-10-19;/h5-12H,4,13-16,24H2,1-3H3,(H,25,28)(H,26,27);1H. The highest BCUT2D eigenvalue weighted by Gasteiger charge is 2.26. The van der Waals surface area contributed by atoms with Gasteiger partial charge in [0, 0.05) is 12.2 Å². The Hall–Kier alpha value is -2.57. The van der Waals surface area contributed by atoms with Gasteiger partial charge in [-0.1, -0.05) is 43.2 Å². The molecule has 0 heterocycles. The van der Waals surface area contributed by atoms with E-state index in [1.807, 2.05) is 62.4 Å². The second-order valence-corrected chi connectivity index (χ2v) is 7.52. The van der Waals surface area contributed by atoms with E-state index in [1.165, 1.54) is 0 Å². The summed E-state index contributed by atoms with van der Waals surface area (Å²) in [6, 6.07) is 15.1. The van der Waals surface area contributed by atoms with Gasteiger partial charge in [-0.05, 0) is 56.5 Å². The van der Waals surface area contributed by atoms with Crippen molar-refractivity contribution in [3.8, 4) is 5.75 Å². The minimum absolute atomic E-state index is 0. The van der Waals surface area contributed by atoms with Crippen LogP contribution in [0.1, 0.15) is 37.8 Å². The molecule has 2 aromatic carbocycles. The molecule has 0 aromatic heterocycles. The Kier molecular flexibility index (Phi) is 10.4. The molecule has 1 unspecified atom stereocenters. The maximum absolute atomic E-state index is 12.1. The van der Waals surface area contributed by atoms with Gasteiger partial charge in [-0.25, -0.2) is 0 Å². The van der Waals surface area contributed by atoms with Gasteiger partial charge >= 0.3 is 0 Å². The Bertz CT molecular complexity index is 805. The number of rotatable bonds is 10. The average Bonchev–Trinajstić information content (AvgIpc) is 2.69. The van der Waals surface area contributed by atoms with Crippen LogP contribution in [0.3, 0.4) is 0 Å². The van der Waals surface area contributed by atoms with Crippen molar-refractivity contribution >= 4 is 29.9 Å². The molecule has 0 saturated carbocycles. The lowest BCUT2D eigenvalue weighted by atomic mass is 9.96. The number of benzene rings is 2. The molecule has 164 valence electrons. The van der Waals surface area contributed by atoms with Crippen molar-refractivity contribution in [3.05, 3.63) is 59.7 Å². The summed E-state index contributed by atoms with van der Waals surface area (Å²) in [6.07, 6.45) is 2.22. The van der Waals surface area contributed by atoms with Crippen LogP contribution in [-0.2, 0) is 16.0 Å². The Morgan fingerprint density at radius 3 is 2.30 bits per heavy atom. The minimum Gasteiger partial charge on any atom is -0.484 e. The van der Waals surface area contributed by atoms with Gasteiger partial charge in [-0.3, -0.25) is 9.59 Å². The van der Waals surface area contributed by atoms with Crippen LogP contribution >= 0.6 is 12.4 Å². The lowest BCUT2D eigenvalue weighted by Crippen LogP contribution is -2.51. The molecule has 2 rings (SSSR count). The Morgan fingerprint density at radius 2 is 1.70 bits per heavy atom. The van der Waals surface area contributed by atoms with Gasteiger partial charge in [-0.15, -0.1) is 12.4 Å². The fraction of sp³-hybridized carbons (Fsp3) is 0.391. The van der Waals surface area contributed by atoms with Crippen molar-refractivity contribution in [2.75, 3.05) is 18.5 Å².